The fourth-order valence-corrected chi connectivity index (χ4v) is 4.01. The largest absolute Gasteiger partial charge is 0.481 e. The van der Waals surface area contributed by atoms with Gasteiger partial charge in [-0.05, 0) is 66.8 Å². The number of hydrogen-bond acceptors (Lipinski definition) is 5. The normalized spacial score (nSPS) is 15.4. The molecule has 2 aromatic carbocycles. The van der Waals surface area contributed by atoms with Crippen LogP contribution in [0.2, 0.25) is 5.02 Å². The molecule has 1 aliphatic heterocycles. The number of piperidine rings is 1. The van der Waals surface area contributed by atoms with E-state index in [4.69, 9.17) is 21.5 Å². The molecule has 0 amide bonds. The highest BCUT2D eigenvalue weighted by atomic mass is 35.5. The Kier molecular flexibility index (Phi) is 8.49. The van der Waals surface area contributed by atoms with Crippen LogP contribution in [0.25, 0.3) is 11.3 Å². The Bertz CT molecular complexity index is 1050. The number of carboxylic acids is 1. The topological polar surface area (TPSA) is 86.5 Å². The smallest absolute Gasteiger partial charge is 0.300 e. The standard InChI is InChI=1S/C23H23ClFN3O.C2H4O2/c24-20-5-3-19(4-6-20)23(29)10-13-28(14-11-23)12-9-18-15-26-16-27-22(18)17-1-7-21(25)8-2-17;1-2(3)4/h1-8,15-16,29H,9-14H2;1H3,(H,3,4). The molecule has 1 fully saturated rings. The van der Waals surface area contributed by atoms with Crippen LogP contribution in [0.3, 0.4) is 0 Å². The molecule has 0 atom stereocenters. The Labute approximate surface area is 197 Å². The molecule has 1 saturated heterocycles. The summed E-state index contributed by atoms with van der Waals surface area (Å²) in [5.41, 5.74) is 2.90. The Morgan fingerprint density at radius 1 is 1.12 bits per heavy atom. The summed E-state index contributed by atoms with van der Waals surface area (Å²) < 4.78 is 13.2. The Morgan fingerprint density at radius 2 is 1.73 bits per heavy atom. The molecule has 0 saturated carbocycles. The van der Waals surface area contributed by atoms with Crippen molar-refractivity contribution in [2.75, 3.05) is 19.6 Å². The van der Waals surface area contributed by atoms with Crippen molar-refractivity contribution in [3.63, 3.8) is 0 Å². The van der Waals surface area contributed by atoms with Gasteiger partial charge in [0.15, 0.2) is 0 Å². The van der Waals surface area contributed by atoms with Gasteiger partial charge in [0.05, 0.1) is 11.3 Å². The molecular formula is C25H27ClFN3O3. The van der Waals surface area contributed by atoms with E-state index in [0.717, 1.165) is 55.4 Å². The van der Waals surface area contributed by atoms with Crippen LogP contribution in [-0.2, 0) is 16.8 Å². The number of aromatic nitrogens is 2. The van der Waals surface area contributed by atoms with E-state index >= 15 is 0 Å². The third-order valence-corrected chi connectivity index (χ3v) is 5.92. The summed E-state index contributed by atoms with van der Waals surface area (Å²) in [6, 6.07) is 13.9. The summed E-state index contributed by atoms with van der Waals surface area (Å²) in [5.74, 6) is -1.09. The molecule has 2 N–H and O–H groups in total. The van der Waals surface area contributed by atoms with Crippen LogP contribution in [0, 0.1) is 5.82 Å². The molecule has 1 aromatic heterocycles. The molecular weight excluding hydrogens is 445 g/mol. The number of nitrogens with zero attached hydrogens (tertiary/aromatic N) is 3. The number of aliphatic carboxylic acids is 1. The van der Waals surface area contributed by atoms with Crippen LogP contribution >= 0.6 is 11.6 Å². The molecule has 6 nitrogen and oxygen atoms in total. The number of halogens is 2. The van der Waals surface area contributed by atoms with Gasteiger partial charge in [0.1, 0.15) is 12.1 Å². The van der Waals surface area contributed by atoms with Gasteiger partial charge in [0, 0.05) is 43.3 Å². The molecule has 2 heterocycles. The highest BCUT2D eigenvalue weighted by Gasteiger charge is 2.33. The molecule has 1 aliphatic rings. The second kappa shape index (κ2) is 11.3. The number of carboxylic acid groups (broad SMARTS) is 1. The van der Waals surface area contributed by atoms with E-state index in [1.807, 2.05) is 30.5 Å². The van der Waals surface area contributed by atoms with E-state index in [-0.39, 0.29) is 5.82 Å². The maximum atomic E-state index is 13.2. The van der Waals surface area contributed by atoms with E-state index in [1.54, 1.807) is 12.1 Å². The minimum absolute atomic E-state index is 0.258. The zero-order valence-corrected chi connectivity index (χ0v) is 19.2. The average Bonchev–Trinajstić information content (AvgIpc) is 2.80. The van der Waals surface area contributed by atoms with Crippen molar-refractivity contribution in [2.24, 2.45) is 0 Å². The van der Waals surface area contributed by atoms with Crippen LogP contribution in [0.5, 0.6) is 0 Å². The lowest BCUT2D eigenvalue weighted by atomic mass is 9.84. The molecule has 33 heavy (non-hydrogen) atoms. The molecule has 8 heteroatoms. The van der Waals surface area contributed by atoms with Crippen molar-refractivity contribution in [1.82, 2.24) is 14.9 Å². The summed E-state index contributed by atoms with van der Waals surface area (Å²) in [5, 5.41) is 19.1. The predicted molar refractivity (Wildman–Crippen MR) is 125 cm³/mol. The van der Waals surface area contributed by atoms with Crippen LogP contribution in [0.1, 0.15) is 30.9 Å². The first-order valence-electron chi connectivity index (χ1n) is 10.7. The lowest BCUT2D eigenvalue weighted by molar-refractivity contribution is -0.134. The average molecular weight is 472 g/mol. The molecule has 0 aliphatic carbocycles. The van der Waals surface area contributed by atoms with E-state index in [1.165, 1.54) is 18.5 Å². The van der Waals surface area contributed by atoms with Crippen molar-refractivity contribution in [2.45, 2.75) is 31.8 Å². The summed E-state index contributed by atoms with van der Waals surface area (Å²) in [6.07, 6.45) is 5.53. The van der Waals surface area contributed by atoms with Gasteiger partial charge in [-0.25, -0.2) is 14.4 Å². The van der Waals surface area contributed by atoms with Crippen molar-refractivity contribution >= 4 is 17.6 Å². The number of carbonyl (C=O) groups is 1. The molecule has 0 radical (unpaired) electrons. The lowest BCUT2D eigenvalue weighted by Crippen LogP contribution is -2.43. The number of likely N-dealkylation sites (tertiary alicyclic amines) is 1. The van der Waals surface area contributed by atoms with E-state index in [2.05, 4.69) is 14.9 Å². The van der Waals surface area contributed by atoms with E-state index < -0.39 is 11.6 Å². The third-order valence-electron chi connectivity index (χ3n) is 5.67. The number of hydrogen-bond donors (Lipinski definition) is 2. The van der Waals surface area contributed by atoms with E-state index in [0.29, 0.717) is 17.9 Å². The Balaban J connectivity index is 0.000000709. The van der Waals surface area contributed by atoms with Gasteiger partial charge >= 0.3 is 0 Å². The maximum Gasteiger partial charge on any atom is 0.300 e. The summed E-state index contributed by atoms with van der Waals surface area (Å²) >= 11 is 5.96. The van der Waals surface area contributed by atoms with Crippen molar-refractivity contribution in [3.8, 4) is 11.3 Å². The van der Waals surface area contributed by atoms with Crippen LogP contribution < -0.4 is 0 Å². The number of aliphatic hydroxyl groups is 1. The SMILES string of the molecule is CC(=O)O.OC1(c2ccc(Cl)cc2)CCN(CCc2cncnc2-c2ccc(F)cc2)CC1. The van der Waals surface area contributed by atoms with Gasteiger partial charge in [0.2, 0.25) is 0 Å². The minimum Gasteiger partial charge on any atom is -0.481 e. The van der Waals surface area contributed by atoms with Crippen LogP contribution in [0.4, 0.5) is 4.39 Å². The zero-order valence-electron chi connectivity index (χ0n) is 18.4. The van der Waals surface area contributed by atoms with E-state index in [9.17, 15) is 9.50 Å². The number of benzene rings is 2. The predicted octanol–water partition coefficient (Wildman–Crippen LogP) is 4.55. The van der Waals surface area contributed by atoms with Gasteiger partial charge in [0.25, 0.3) is 5.97 Å². The van der Waals surface area contributed by atoms with Crippen LogP contribution in [0.15, 0.2) is 61.1 Å². The maximum absolute atomic E-state index is 13.2. The highest BCUT2D eigenvalue weighted by molar-refractivity contribution is 6.30. The molecule has 4 rings (SSSR count). The second-order valence-electron chi connectivity index (χ2n) is 8.05. The molecule has 0 bridgehead atoms. The Morgan fingerprint density at radius 3 is 2.33 bits per heavy atom. The summed E-state index contributed by atoms with van der Waals surface area (Å²) in [7, 11) is 0. The van der Waals surface area contributed by atoms with Gasteiger partial charge in [-0.3, -0.25) is 4.79 Å². The molecule has 174 valence electrons. The monoisotopic (exact) mass is 471 g/mol. The van der Waals surface area contributed by atoms with Gasteiger partial charge in [-0.2, -0.15) is 0 Å². The fourth-order valence-electron chi connectivity index (χ4n) is 3.88. The van der Waals surface area contributed by atoms with Crippen molar-refractivity contribution < 1.29 is 19.4 Å². The zero-order chi connectivity index (χ0) is 23.8. The first kappa shape index (κ1) is 24.8. The quantitative estimate of drug-likeness (QED) is 0.567. The highest BCUT2D eigenvalue weighted by Crippen LogP contribution is 2.33. The fraction of sp³-hybridized carbons (Fsp3) is 0.320. The van der Waals surface area contributed by atoms with Crippen molar-refractivity contribution in [3.05, 3.63) is 83.0 Å². The van der Waals surface area contributed by atoms with Gasteiger partial charge in [-0.15, -0.1) is 0 Å². The van der Waals surface area contributed by atoms with Gasteiger partial charge in [-0.1, -0.05) is 23.7 Å². The molecule has 0 spiro atoms. The second-order valence-corrected chi connectivity index (χ2v) is 8.49. The molecule has 3 aromatic rings. The number of rotatable bonds is 5. The first-order valence-corrected chi connectivity index (χ1v) is 11.1. The summed E-state index contributed by atoms with van der Waals surface area (Å²) in [4.78, 5) is 19.9. The minimum atomic E-state index is -0.833. The van der Waals surface area contributed by atoms with Crippen LogP contribution in [-0.4, -0.2) is 50.7 Å². The molecule has 0 unspecified atom stereocenters. The first-order chi connectivity index (χ1) is 15.8. The Hall–Kier alpha value is -2.87. The summed E-state index contributed by atoms with van der Waals surface area (Å²) in [6.45, 7) is 3.58. The lowest BCUT2D eigenvalue weighted by Gasteiger charge is -2.38. The van der Waals surface area contributed by atoms with Gasteiger partial charge < -0.3 is 15.1 Å². The third kappa shape index (κ3) is 7.05. The van der Waals surface area contributed by atoms with Crippen molar-refractivity contribution in [1.29, 1.82) is 0 Å².